The van der Waals surface area contributed by atoms with Crippen LogP contribution in [-0.2, 0) is 4.79 Å². The smallest absolute Gasteiger partial charge is 0.224 e. The van der Waals surface area contributed by atoms with Crippen molar-refractivity contribution in [1.82, 2.24) is 0 Å². The third-order valence-corrected chi connectivity index (χ3v) is 2.12. The van der Waals surface area contributed by atoms with Crippen molar-refractivity contribution in [1.29, 1.82) is 5.41 Å². The van der Waals surface area contributed by atoms with Crippen molar-refractivity contribution in [3.8, 4) is 0 Å². The topological polar surface area (TPSA) is 105 Å². The van der Waals surface area contributed by atoms with Gasteiger partial charge in [0.25, 0.3) is 0 Å². The van der Waals surface area contributed by atoms with Crippen LogP contribution in [0.15, 0.2) is 24.3 Å². The average Bonchev–Trinajstić information content (AvgIpc) is 2.17. The molecule has 0 radical (unpaired) electrons. The first-order valence-corrected chi connectivity index (χ1v) is 4.51. The Hall–Kier alpha value is -2.04. The van der Waals surface area contributed by atoms with Gasteiger partial charge in [0.15, 0.2) is 5.96 Å². The molecular formula is C10H14N4O. The van der Waals surface area contributed by atoms with E-state index in [2.05, 4.69) is 5.32 Å². The number of amides is 1. The predicted octanol–water partition coefficient (Wildman–Crippen LogP) is 0.581. The number of hydrogen-bond donors (Lipinski definition) is 4. The van der Waals surface area contributed by atoms with E-state index in [0.29, 0.717) is 5.69 Å². The molecule has 0 aliphatic heterocycles. The van der Waals surface area contributed by atoms with Crippen LogP contribution < -0.4 is 16.8 Å². The minimum atomic E-state index is -0.359. The molecule has 0 heterocycles. The van der Waals surface area contributed by atoms with Crippen LogP contribution in [0.3, 0.4) is 0 Å². The van der Waals surface area contributed by atoms with Gasteiger partial charge >= 0.3 is 0 Å². The number of carbonyl (C=O) groups excluding carboxylic acids is 1. The van der Waals surface area contributed by atoms with E-state index in [1.54, 1.807) is 31.2 Å². The van der Waals surface area contributed by atoms with E-state index in [4.69, 9.17) is 16.9 Å². The SMILES string of the molecule is CC(C(N)=O)c1ccc(NC(=N)N)cc1. The lowest BCUT2D eigenvalue weighted by Crippen LogP contribution is -2.21. The van der Waals surface area contributed by atoms with Crippen molar-refractivity contribution in [2.24, 2.45) is 11.5 Å². The van der Waals surface area contributed by atoms with E-state index < -0.39 is 0 Å². The molecule has 0 saturated carbocycles. The van der Waals surface area contributed by atoms with E-state index in [0.717, 1.165) is 5.56 Å². The molecule has 0 spiro atoms. The number of hydrogen-bond acceptors (Lipinski definition) is 2. The van der Waals surface area contributed by atoms with E-state index in [1.807, 2.05) is 0 Å². The van der Waals surface area contributed by atoms with E-state index >= 15 is 0 Å². The fraction of sp³-hybridized carbons (Fsp3) is 0.200. The molecule has 1 amide bonds. The van der Waals surface area contributed by atoms with Gasteiger partial charge in [-0.3, -0.25) is 10.2 Å². The first-order chi connectivity index (χ1) is 7.00. The fourth-order valence-electron chi connectivity index (χ4n) is 1.17. The number of nitrogens with one attached hydrogen (secondary N) is 2. The van der Waals surface area contributed by atoms with Crippen LogP contribution in [0.1, 0.15) is 18.4 Å². The molecule has 15 heavy (non-hydrogen) atoms. The number of anilines is 1. The van der Waals surface area contributed by atoms with Crippen LogP contribution in [0.25, 0.3) is 0 Å². The van der Waals surface area contributed by atoms with Gasteiger partial charge in [0.2, 0.25) is 5.91 Å². The molecule has 5 nitrogen and oxygen atoms in total. The molecule has 1 rings (SSSR count). The molecule has 0 fully saturated rings. The second kappa shape index (κ2) is 4.45. The van der Waals surface area contributed by atoms with Gasteiger partial charge in [0.05, 0.1) is 5.92 Å². The van der Waals surface area contributed by atoms with Gasteiger partial charge in [0.1, 0.15) is 0 Å². The number of primary amides is 1. The highest BCUT2D eigenvalue weighted by Gasteiger charge is 2.10. The number of benzene rings is 1. The summed E-state index contributed by atoms with van der Waals surface area (Å²) in [5.41, 5.74) is 11.9. The van der Waals surface area contributed by atoms with Crippen molar-refractivity contribution in [3.05, 3.63) is 29.8 Å². The minimum Gasteiger partial charge on any atom is -0.370 e. The lowest BCUT2D eigenvalue weighted by atomic mass is 10.0. The monoisotopic (exact) mass is 206 g/mol. The van der Waals surface area contributed by atoms with Gasteiger partial charge < -0.3 is 16.8 Å². The highest BCUT2D eigenvalue weighted by molar-refractivity contribution is 5.89. The summed E-state index contributed by atoms with van der Waals surface area (Å²) in [7, 11) is 0. The quantitative estimate of drug-likeness (QED) is 0.429. The van der Waals surface area contributed by atoms with Gasteiger partial charge in [-0.2, -0.15) is 0 Å². The van der Waals surface area contributed by atoms with E-state index in [1.165, 1.54) is 0 Å². The van der Waals surface area contributed by atoms with Crippen LogP contribution in [0.2, 0.25) is 0 Å². The van der Waals surface area contributed by atoms with Gasteiger partial charge in [-0.1, -0.05) is 12.1 Å². The summed E-state index contributed by atoms with van der Waals surface area (Å²) >= 11 is 0. The Bertz CT molecular complexity index is 372. The van der Waals surface area contributed by atoms with Crippen LogP contribution in [0, 0.1) is 5.41 Å². The van der Waals surface area contributed by atoms with Gasteiger partial charge in [-0.05, 0) is 24.6 Å². The van der Waals surface area contributed by atoms with Crippen molar-refractivity contribution >= 4 is 17.6 Å². The molecule has 6 N–H and O–H groups in total. The molecule has 5 heteroatoms. The normalized spacial score (nSPS) is 11.8. The summed E-state index contributed by atoms with van der Waals surface area (Å²) in [6.07, 6.45) is 0. The van der Waals surface area contributed by atoms with Crippen molar-refractivity contribution < 1.29 is 4.79 Å². The third-order valence-electron chi connectivity index (χ3n) is 2.12. The number of guanidine groups is 1. The van der Waals surface area contributed by atoms with E-state index in [9.17, 15) is 4.79 Å². The van der Waals surface area contributed by atoms with Crippen LogP contribution in [0.5, 0.6) is 0 Å². The van der Waals surface area contributed by atoms with Crippen molar-refractivity contribution in [2.75, 3.05) is 5.32 Å². The summed E-state index contributed by atoms with van der Waals surface area (Å²) in [5, 5.41) is 9.68. The van der Waals surface area contributed by atoms with Crippen LogP contribution in [-0.4, -0.2) is 11.9 Å². The first-order valence-electron chi connectivity index (χ1n) is 4.51. The highest BCUT2D eigenvalue weighted by atomic mass is 16.1. The zero-order valence-electron chi connectivity index (χ0n) is 8.45. The Morgan fingerprint density at radius 3 is 2.27 bits per heavy atom. The summed E-state index contributed by atoms with van der Waals surface area (Å²) < 4.78 is 0. The summed E-state index contributed by atoms with van der Waals surface area (Å²) in [6.45, 7) is 1.75. The fourth-order valence-corrected chi connectivity index (χ4v) is 1.17. The molecule has 80 valence electrons. The Kier molecular flexibility index (Phi) is 3.28. The predicted molar refractivity (Wildman–Crippen MR) is 59.6 cm³/mol. The van der Waals surface area contributed by atoms with Gasteiger partial charge in [0, 0.05) is 5.69 Å². The van der Waals surface area contributed by atoms with Crippen LogP contribution in [0.4, 0.5) is 5.69 Å². The third kappa shape index (κ3) is 2.98. The lowest BCUT2D eigenvalue weighted by molar-refractivity contribution is -0.119. The molecule has 0 aliphatic carbocycles. The Morgan fingerprint density at radius 1 is 1.33 bits per heavy atom. The zero-order valence-corrected chi connectivity index (χ0v) is 8.45. The molecule has 1 atom stereocenters. The molecule has 1 aromatic rings. The van der Waals surface area contributed by atoms with Crippen molar-refractivity contribution in [2.45, 2.75) is 12.8 Å². The van der Waals surface area contributed by atoms with Gasteiger partial charge in [-0.15, -0.1) is 0 Å². The number of nitrogens with two attached hydrogens (primary N) is 2. The molecular weight excluding hydrogens is 192 g/mol. The minimum absolute atomic E-state index is 0.120. The molecule has 1 unspecified atom stereocenters. The summed E-state index contributed by atoms with van der Waals surface area (Å²) in [4.78, 5) is 10.9. The maximum absolute atomic E-state index is 10.9. The van der Waals surface area contributed by atoms with Crippen LogP contribution >= 0.6 is 0 Å². The number of rotatable bonds is 3. The standard InChI is InChI=1S/C10H14N4O/c1-6(9(11)15)7-2-4-8(5-3-7)14-10(12)13/h2-6H,1H3,(H2,11,15)(H4,12,13,14). The number of carbonyl (C=O) groups is 1. The molecule has 1 aromatic carbocycles. The second-order valence-corrected chi connectivity index (χ2v) is 3.28. The Labute approximate surface area is 88.0 Å². The highest BCUT2D eigenvalue weighted by Crippen LogP contribution is 2.17. The van der Waals surface area contributed by atoms with E-state index in [-0.39, 0.29) is 17.8 Å². The Morgan fingerprint density at radius 2 is 1.87 bits per heavy atom. The Balaban J connectivity index is 2.80. The first kappa shape index (κ1) is 11.0. The lowest BCUT2D eigenvalue weighted by Gasteiger charge is -2.09. The molecule has 0 bridgehead atoms. The summed E-state index contributed by atoms with van der Waals surface area (Å²) in [6, 6.07) is 7.05. The maximum atomic E-state index is 10.9. The largest absolute Gasteiger partial charge is 0.370 e. The second-order valence-electron chi connectivity index (χ2n) is 3.28. The molecule has 0 saturated heterocycles. The molecule has 0 aliphatic rings. The molecule has 0 aromatic heterocycles. The summed E-state index contributed by atoms with van der Waals surface area (Å²) in [5.74, 6) is -0.788. The van der Waals surface area contributed by atoms with Crippen molar-refractivity contribution in [3.63, 3.8) is 0 Å². The zero-order chi connectivity index (χ0) is 11.4. The maximum Gasteiger partial charge on any atom is 0.224 e. The van der Waals surface area contributed by atoms with Gasteiger partial charge in [-0.25, -0.2) is 0 Å². The average molecular weight is 206 g/mol.